The van der Waals surface area contributed by atoms with Crippen molar-refractivity contribution in [3.63, 3.8) is 0 Å². The molecule has 18 heavy (non-hydrogen) atoms. The lowest BCUT2D eigenvalue weighted by Crippen LogP contribution is -2.52. The molecule has 0 aromatic carbocycles. The van der Waals surface area contributed by atoms with Crippen molar-refractivity contribution in [1.29, 1.82) is 0 Å². The van der Waals surface area contributed by atoms with Crippen LogP contribution in [0.25, 0.3) is 0 Å². The van der Waals surface area contributed by atoms with Gasteiger partial charge in [-0.2, -0.15) is 0 Å². The lowest BCUT2D eigenvalue weighted by atomic mass is 10.1. The first-order valence-electron chi connectivity index (χ1n) is 6.10. The minimum Gasteiger partial charge on any atom is -0.480 e. The van der Waals surface area contributed by atoms with Gasteiger partial charge in [-0.05, 0) is 19.8 Å². The van der Waals surface area contributed by atoms with E-state index in [2.05, 4.69) is 5.32 Å². The lowest BCUT2D eigenvalue weighted by molar-refractivity contribution is -0.140. The highest BCUT2D eigenvalue weighted by Gasteiger charge is 2.26. The standard InChI is InChI=1S/C12H24N2O4/c1-8(2)10(11(15)16)13-12(17)14(9(3)4)6-7-18-5/h8-10H,6-7H2,1-5H3,(H,13,17)(H,15,16)/t10-/m0/s1. The molecule has 106 valence electrons. The number of carbonyl (C=O) groups is 2. The molecule has 0 rings (SSSR count). The molecule has 0 heterocycles. The summed E-state index contributed by atoms with van der Waals surface area (Å²) in [6, 6.07) is -1.26. The van der Waals surface area contributed by atoms with Crippen LogP contribution < -0.4 is 5.32 Å². The number of hydrogen-bond donors (Lipinski definition) is 2. The van der Waals surface area contributed by atoms with E-state index in [0.717, 1.165) is 0 Å². The molecule has 0 spiro atoms. The molecule has 0 saturated heterocycles. The smallest absolute Gasteiger partial charge is 0.326 e. The summed E-state index contributed by atoms with van der Waals surface area (Å²) in [4.78, 5) is 24.6. The van der Waals surface area contributed by atoms with Gasteiger partial charge in [0, 0.05) is 19.7 Å². The predicted molar refractivity (Wildman–Crippen MR) is 68.5 cm³/mol. The highest BCUT2D eigenvalue weighted by molar-refractivity contribution is 5.82. The van der Waals surface area contributed by atoms with Crippen molar-refractivity contribution < 1.29 is 19.4 Å². The summed E-state index contributed by atoms with van der Waals surface area (Å²) in [7, 11) is 1.56. The van der Waals surface area contributed by atoms with E-state index >= 15 is 0 Å². The topological polar surface area (TPSA) is 78.9 Å². The molecular formula is C12H24N2O4. The largest absolute Gasteiger partial charge is 0.480 e. The monoisotopic (exact) mass is 260 g/mol. The number of amides is 2. The normalized spacial score (nSPS) is 12.6. The molecule has 6 heteroatoms. The van der Waals surface area contributed by atoms with Crippen LogP contribution in [0.2, 0.25) is 0 Å². The molecule has 0 bridgehead atoms. The van der Waals surface area contributed by atoms with Crippen LogP contribution in [0.4, 0.5) is 4.79 Å². The zero-order valence-electron chi connectivity index (χ0n) is 11.8. The molecule has 0 saturated carbocycles. The van der Waals surface area contributed by atoms with E-state index in [1.807, 2.05) is 13.8 Å². The number of nitrogens with one attached hydrogen (secondary N) is 1. The summed E-state index contributed by atoms with van der Waals surface area (Å²) in [6.07, 6.45) is 0. The molecule has 0 aliphatic heterocycles. The van der Waals surface area contributed by atoms with E-state index in [-0.39, 0.29) is 18.0 Å². The van der Waals surface area contributed by atoms with Crippen molar-refractivity contribution in [2.45, 2.75) is 39.8 Å². The Balaban J connectivity index is 4.62. The number of urea groups is 1. The number of carboxylic acids is 1. The van der Waals surface area contributed by atoms with Crippen LogP contribution in [0.3, 0.4) is 0 Å². The van der Waals surface area contributed by atoms with Crippen molar-refractivity contribution in [2.75, 3.05) is 20.3 Å². The van der Waals surface area contributed by atoms with Gasteiger partial charge < -0.3 is 20.1 Å². The van der Waals surface area contributed by atoms with Gasteiger partial charge in [-0.15, -0.1) is 0 Å². The summed E-state index contributed by atoms with van der Waals surface area (Å²) in [5.74, 6) is -1.18. The number of hydrogen-bond acceptors (Lipinski definition) is 3. The van der Waals surface area contributed by atoms with Crippen LogP contribution in [0, 0.1) is 5.92 Å². The van der Waals surface area contributed by atoms with Crippen LogP contribution in [0.1, 0.15) is 27.7 Å². The Morgan fingerprint density at radius 3 is 2.17 bits per heavy atom. The van der Waals surface area contributed by atoms with Crippen molar-refractivity contribution >= 4 is 12.0 Å². The molecule has 0 unspecified atom stereocenters. The van der Waals surface area contributed by atoms with Gasteiger partial charge >= 0.3 is 12.0 Å². The van der Waals surface area contributed by atoms with E-state index in [4.69, 9.17) is 9.84 Å². The third kappa shape index (κ3) is 5.35. The van der Waals surface area contributed by atoms with E-state index in [0.29, 0.717) is 13.2 Å². The van der Waals surface area contributed by atoms with Crippen molar-refractivity contribution in [3.05, 3.63) is 0 Å². The quantitative estimate of drug-likeness (QED) is 0.720. The van der Waals surface area contributed by atoms with Gasteiger partial charge in [0.15, 0.2) is 0 Å². The van der Waals surface area contributed by atoms with Crippen LogP contribution in [0.15, 0.2) is 0 Å². The molecular weight excluding hydrogens is 236 g/mol. The van der Waals surface area contributed by atoms with E-state index in [1.54, 1.807) is 25.9 Å². The molecule has 2 amide bonds. The zero-order valence-corrected chi connectivity index (χ0v) is 11.8. The predicted octanol–water partition coefficient (Wildman–Crippen LogP) is 1.16. The first-order valence-corrected chi connectivity index (χ1v) is 6.10. The molecule has 6 nitrogen and oxygen atoms in total. The number of methoxy groups -OCH3 is 1. The Bertz CT molecular complexity index is 279. The number of aliphatic carboxylic acids is 1. The minimum atomic E-state index is -1.02. The second kappa shape index (κ2) is 7.92. The highest BCUT2D eigenvalue weighted by Crippen LogP contribution is 2.05. The van der Waals surface area contributed by atoms with Gasteiger partial charge in [0.1, 0.15) is 6.04 Å². The first-order chi connectivity index (χ1) is 8.31. The average Bonchev–Trinajstić information content (AvgIpc) is 2.24. The number of rotatable bonds is 7. The van der Waals surface area contributed by atoms with Crippen LogP contribution in [-0.2, 0) is 9.53 Å². The maximum absolute atomic E-state index is 12.0. The van der Waals surface area contributed by atoms with E-state index < -0.39 is 12.0 Å². The fourth-order valence-corrected chi connectivity index (χ4v) is 1.51. The first kappa shape index (κ1) is 16.7. The number of nitrogens with zero attached hydrogens (tertiary/aromatic N) is 1. The van der Waals surface area contributed by atoms with E-state index in [1.165, 1.54) is 0 Å². The van der Waals surface area contributed by atoms with Gasteiger partial charge in [-0.1, -0.05) is 13.8 Å². The van der Waals surface area contributed by atoms with Gasteiger partial charge in [-0.3, -0.25) is 0 Å². The Kier molecular flexibility index (Phi) is 7.35. The average molecular weight is 260 g/mol. The van der Waals surface area contributed by atoms with Crippen LogP contribution in [0.5, 0.6) is 0 Å². The molecule has 0 radical (unpaired) electrons. The zero-order chi connectivity index (χ0) is 14.3. The molecule has 0 aromatic heterocycles. The molecule has 0 fully saturated rings. The Morgan fingerprint density at radius 1 is 1.28 bits per heavy atom. The maximum atomic E-state index is 12.0. The molecule has 0 aliphatic rings. The van der Waals surface area contributed by atoms with Gasteiger partial charge in [0.05, 0.1) is 6.61 Å². The second-order valence-corrected chi connectivity index (χ2v) is 4.79. The fourth-order valence-electron chi connectivity index (χ4n) is 1.51. The molecule has 0 aromatic rings. The number of carboxylic acid groups (broad SMARTS) is 1. The summed E-state index contributed by atoms with van der Waals surface area (Å²) >= 11 is 0. The third-order valence-corrected chi connectivity index (χ3v) is 2.63. The third-order valence-electron chi connectivity index (χ3n) is 2.63. The molecule has 1 atom stereocenters. The van der Waals surface area contributed by atoms with Crippen molar-refractivity contribution in [2.24, 2.45) is 5.92 Å². The maximum Gasteiger partial charge on any atom is 0.326 e. The molecule has 0 aliphatic carbocycles. The Labute approximate surface area is 108 Å². The summed E-state index contributed by atoms with van der Waals surface area (Å²) in [5, 5.41) is 11.6. The van der Waals surface area contributed by atoms with Crippen molar-refractivity contribution in [1.82, 2.24) is 10.2 Å². The fraction of sp³-hybridized carbons (Fsp3) is 0.833. The summed E-state index contributed by atoms with van der Waals surface area (Å²) in [5.41, 5.74) is 0. The number of carbonyl (C=O) groups excluding carboxylic acids is 1. The lowest BCUT2D eigenvalue weighted by Gasteiger charge is -2.29. The summed E-state index contributed by atoms with van der Waals surface area (Å²) in [6.45, 7) is 8.12. The molecule has 2 N–H and O–H groups in total. The Morgan fingerprint density at radius 2 is 1.83 bits per heavy atom. The van der Waals surface area contributed by atoms with Crippen LogP contribution in [-0.4, -0.2) is 54.4 Å². The van der Waals surface area contributed by atoms with Gasteiger partial charge in [0.25, 0.3) is 0 Å². The summed E-state index contributed by atoms with van der Waals surface area (Å²) < 4.78 is 4.93. The number of ether oxygens (including phenoxy) is 1. The van der Waals surface area contributed by atoms with Crippen molar-refractivity contribution in [3.8, 4) is 0 Å². The van der Waals surface area contributed by atoms with E-state index in [9.17, 15) is 9.59 Å². The highest BCUT2D eigenvalue weighted by atomic mass is 16.5. The van der Waals surface area contributed by atoms with Crippen LogP contribution >= 0.6 is 0 Å². The Hall–Kier alpha value is -1.30. The SMILES string of the molecule is COCCN(C(=O)N[C@H](C(=O)O)C(C)C)C(C)C. The minimum absolute atomic E-state index is 0.0123. The van der Waals surface area contributed by atoms with Gasteiger partial charge in [0.2, 0.25) is 0 Å². The second-order valence-electron chi connectivity index (χ2n) is 4.79. The van der Waals surface area contributed by atoms with Gasteiger partial charge in [-0.25, -0.2) is 9.59 Å².